The Kier molecular flexibility index (Phi) is 19.2. The van der Waals surface area contributed by atoms with Gasteiger partial charge >= 0.3 is 24.2 Å². The lowest BCUT2D eigenvalue weighted by Crippen LogP contribution is -2.70. The summed E-state index contributed by atoms with van der Waals surface area (Å²) in [6.07, 6.45) is -4.59. The number of nitrogens with two attached hydrogens (primary N) is 4. The van der Waals surface area contributed by atoms with Crippen molar-refractivity contribution in [2.75, 3.05) is 39.4 Å². The van der Waals surface area contributed by atoms with Gasteiger partial charge in [0.05, 0.1) is 31.4 Å². The van der Waals surface area contributed by atoms with Crippen LogP contribution in [0.4, 0.5) is 19.2 Å². The number of carbonyl (C=O) groups is 5. The number of fused-ring (bicyclic) bond motifs is 1. The number of aliphatic hydroxyl groups is 2. The van der Waals surface area contributed by atoms with E-state index in [2.05, 4.69) is 61.4 Å². The number of urea groups is 3. The summed E-state index contributed by atoms with van der Waals surface area (Å²) < 4.78 is 34.7. The molecule has 13 atom stereocenters. The van der Waals surface area contributed by atoms with E-state index in [1.54, 1.807) is 37.3 Å². The van der Waals surface area contributed by atoms with Gasteiger partial charge in [0.25, 0.3) is 0 Å². The van der Waals surface area contributed by atoms with Crippen LogP contribution in [-0.2, 0) is 28.5 Å². The Hall–Kier alpha value is -5.74. The number of unbranched alkanes of at least 4 members (excludes halogenated alkanes) is 1. The molecular weight excluding hydrogens is 871 g/mol. The quantitative estimate of drug-likeness (QED) is 0.0245. The number of hydrogen-bond donors (Lipinski definition) is 14. The summed E-state index contributed by atoms with van der Waals surface area (Å²) in [5, 5.41) is 45.0. The number of hydrogen-bond acceptors (Lipinski definition) is 16. The predicted octanol–water partition coefficient (Wildman–Crippen LogP) is -3.62. The number of guanidine groups is 1. The number of nitrogens with one attached hydrogen (secondary N) is 8. The fourth-order valence-electron chi connectivity index (χ4n) is 7.70. The number of benzene rings is 1. The summed E-state index contributed by atoms with van der Waals surface area (Å²) in [4.78, 5) is 65.7. The molecule has 0 aliphatic carbocycles. The number of aliphatic imine (C=N–C) groups is 1. The van der Waals surface area contributed by atoms with E-state index < -0.39 is 110 Å². The molecule has 18 N–H and O–H groups in total. The van der Waals surface area contributed by atoms with E-state index in [-0.39, 0.29) is 19.1 Å². The molecule has 4 fully saturated rings. The largest absolute Gasteiger partial charge is 0.462 e. The average Bonchev–Trinajstić information content (AvgIpc) is 3.64. The Morgan fingerprint density at radius 2 is 1.56 bits per heavy atom. The van der Waals surface area contributed by atoms with Crippen molar-refractivity contribution in [1.82, 2.24) is 42.5 Å². The third-order valence-electron chi connectivity index (χ3n) is 10.9. The topological polar surface area (TPSA) is 394 Å². The number of carbonyl (C=O) groups excluding carboxylic acids is 5. The molecular formula is C40H65N13O13. The molecule has 0 saturated carbocycles. The number of primary amides is 2. The zero-order valence-electron chi connectivity index (χ0n) is 37.1. The van der Waals surface area contributed by atoms with Crippen molar-refractivity contribution in [3.63, 3.8) is 0 Å². The first-order chi connectivity index (χ1) is 31.5. The third-order valence-corrected chi connectivity index (χ3v) is 10.9. The second-order valence-corrected chi connectivity index (χ2v) is 16.4. The van der Waals surface area contributed by atoms with E-state index in [0.717, 1.165) is 38.9 Å². The standard InChI is InChI=1S/C40H65N13O13/c1-19(2)46-15-5-4-13-45-14-6-16-47-25(54)12-9-21-7-10-22(11-8-21)64-35-30(48-36(41)42)32(56)26(20(3)63-35)51-39(59)53-33-29(50-38(44)58)31(55)24(18-61-33)65-34-28(49-37(43)57)27-23(17-62-34)66-40(60)52-27/h7-12,19-20,23-24,26-35,45-46,55-56H,4-6,13-18H2,1-3H3,(H,47,54)(H,52,60)(H4,41,42,48)(H3,43,49,57)(H3,44,50,58)(H2,51,53,59)/b12-9+/t20-,23-,24-,26-,27+,28-,29-,30-,31+,32+,33+,34+,35-/m1/s1. The fraction of sp³-hybridized carbons (Fsp3) is 0.650. The lowest BCUT2D eigenvalue weighted by molar-refractivity contribution is -0.260. The average molecular weight is 936 g/mol. The molecule has 1 aromatic carbocycles. The highest BCUT2D eigenvalue weighted by Crippen LogP contribution is 2.29. The third kappa shape index (κ3) is 15.2. The zero-order valence-corrected chi connectivity index (χ0v) is 37.1. The molecule has 4 aliphatic rings. The summed E-state index contributed by atoms with van der Waals surface area (Å²) in [5.41, 5.74) is 22.9. The Balaban J connectivity index is 1.11. The second-order valence-electron chi connectivity index (χ2n) is 16.4. The maximum Gasteiger partial charge on any atom is 0.407 e. The molecule has 8 amide bonds. The van der Waals surface area contributed by atoms with Gasteiger partial charge in [0, 0.05) is 18.7 Å². The van der Waals surface area contributed by atoms with Crippen LogP contribution in [0, 0.1) is 0 Å². The van der Waals surface area contributed by atoms with Crippen LogP contribution < -0.4 is 70.2 Å². The van der Waals surface area contributed by atoms with Crippen LogP contribution >= 0.6 is 0 Å². The SMILES string of the molecule is CC(C)NCCCCNCCCNC(=O)/C=C/c1ccc(O[C@H]2O[C@H](C)[C@@H](NC(=O)N[C@H]3OC[C@@H](O[C@@H]4OC[C@H]5OC(=O)N[C@@H]5[C@H]4NC(N)=O)[C@H](O)[C@H]3NC(N)=O)[C@H](O)[C@H]2N=C(N)N)cc1. The monoisotopic (exact) mass is 935 g/mol. The molecule has 4 aliphatic heterocycles. The molecule has 26 nitrogen and oxygen atoms in total. The molecule has 5 rings (SSSR count). The van der Waals surface area contributed by atoms with Gasteiger partial charge in [-0.25, -0.2) is 24.2 Å². The first-order valence-corrected chi connectivity index (χ1v) is 21.8. The first kappa shape index (κ1) is 51.2. The van der Waals surface area contributed by atoms with Crippen molar-refractivity contribution >= 4 is 42.1 Å². The van der Waals surface area contributed by atoms with Crippen molar-refractivity contribution < 1.29 is 62.6 Å². The molecule has 0 radical (unpaired) electrons. The Morgan fingerprint density at radius 1 is 0.864 bits per heavy atom. The van der Waals surface area contributed by atoms with E-state index in [4.69, 9.17) is 51.4 Å². The summed E-state index contributed by atoms with van der Waals surface area (Å²) >= 11 is 0. The Morgan fingerprint density at radius 3 is 2.26 bits per heavy atom. The number of aliphatic hydroxyl groups excluding tert-OH is 2. The minimum Gasteiger partial charge on any atom is -0.462 e. The van der Waals surface area contributed by atoms with Crippen LogP contribution in [0.25, 0.3) is 6.08 Å². The number of nitrogens with zero attached hydrogens (tertiary/aromatic N) is 1. The number of amides is 8. The smallest absolute Gasteiger partial charge is 0.407 e. The minimum atomic E-state index is -1.60. The van der Waals surface area contributed by atoms with Gasteiger partial charge in [0.2, 0.25) is 12.2 Å². The van der Waals surface area contributed by atoms with Gasteiger partial charge in [0.1, 0.15) is 48.3 Å². The molecule has 4 saturated heterocycles. The minimum absolute atomic E-state index is 0.127. The normalized spacial score (nSPS) is 30.6. The van der Waals surface area contributed by atoms with Gasteiger partial charge in [-0.1, -0.05) is 26.0 Å². The van der Waals surface area contributed by atoms with E-state index >= 15 is 0 Å². The van der Waals surface area contributed by atoms with Gasteiger partial charge in [-0.15, -0.1) is 0 Å². The lowest BCUT2D eigenvalue weighted by Gasteiger charge is -2.44. The van der Waals surface area contributed by atoms with Crippen molar-refractivity contribution in [2.45, 2.75) is 126 Å². The highest BCUT2D eigenvalue weighted by molar-refractivity contribution is 5.91. The second kappa shape index (κ2) is 24.7. The molecule has 0 spiro atoms. The highest BCUT2D eigenvalue weighted by Gasteiger charge is 2.51. The van der Waals surface area contributed by atoms with Gasteiger partial charge < -0.3 is 104 Å². The first-order valence-electron chi connectivity index (χ1n) is 21.8. The van der Waals surface area contributed by atoms with Crippen molar-refractivity contribution in [2.24, 2.45) is 27.9 Å². The summed E-state index contributed by atoms with van der Waals surface area (Å²) in [7, 11) is 0. The van der Waals surface area contributed by atoms with Crippen LogP contribution in [-0.4, -0.2) is 171 Å². The van der Waals surface area contributed by atoms with Gasteiger partial charge in [0.15, 0.2) is 18.5 Å². The predicted molar refractivity (Wildman–Crippen MR) is 235 cm³/mol. The number of ether oxygens (including phenoxy) is 6. The van der Waals surface area contributed by atoms with Crippen molar-refractivity contribution in [3.05, 3.63) is 35.9 Å². The van der Waals surface area contributed by atoms with E-state index in [1.165, 1.54) is 6.08 Å². The summed E-state index contributed by atoms with van der Waals surface area (Å²) in [6, 6.07) is -1.43. The fourth-order valence-corrected chi connectivity index (χ4v) is 7.70. The molecule has 0 aromatic heterocycles. The lowest BCUT2D eigenvalue weighted by atomic mass is 9.95. The molecule has 1 aromatic rings. The molecule has 0 bridgehead atoms. The van der Waals surface area contributed by atoms with E-state index in [1.807, 2.05) is 0 Å². The zero-order chi connectivity index (χ0) is 47.9. The Labute approximate surface area is 381 Å². The maximum absolute atomic E-state index is 13.5. The van der Waals surface area contributed by atoms with E-state index in [0.29, 0.717) is 23.9 Å². The number of rotatable bonds is 21. The van der Waals surface area contributed by atoms with Crippen molar-refractivity contribution in [3.8, 4) is 5.75 Å². The van der Waals surface area contributed by atoms with Crippen LogP contribution in [0.3, 0.4) is 0 Å². The van der Waals surface area contributed by atoms with Gasteiger partial charge in [-0.05, 0) is 69.6 Å². The molecule has 66 heavy (non-hydrogen) atoms. The van der Waals surface area contributed by atoms with Crippen LogP contribution in [0.2, 0.25) is 0 Å². The van der Waals surface area contributed by atoms with Crippen LogP contribution in [0.5, 0.6) is 5.75 Å². The number of alkyl carbamates (subject to hydrolysis) is 1. The van der Waals surface area contributed by atoms with Crippen LogP contribution in [0.1, 0.15) is 45.6 Å². The molecule has 368 valence electrons. The van der Waals surface area contributed by atoms with Gasteiger partial charge in [-0.3, -0.25) is 4.79 Å². The summed E-state index contributed by atoms with van der Waals surface area (Å²) in [6.45, 7) is 8.58. The summed E-state index contributed by atoms with van der Waals surface area (Å²) in [5.74, 6) is -0.299. The highest BCUT2D eigenvalue weighted by atomic mass is 16.7. The van der Waals surface area contributed by atoms with Crippen molar-refractivity contribution in [1.29, 1.82) is 0 Å². The maximum atomic E-state index is 13.5. The Bertz CT molecular complexity index is 1840. The molecule has 0 unspecified atom stereocenters. The van der Waals surface area contributed by atoms with Gasteiger partial charge in [-0.2, -0.15) is 0 Å². The molecule has 4 heterocycles. The van der Waals surface area contributed by atoms with Crippen LogP contribution in [0.15, 0.2) is 35.3 Å². The van der Waals surface area contributed by atoms with E-state index in [9.17, 15) is 34.2 Å². The molecule has 26 heteroatoms.